The minimum absolute atomic E-state index is 0.0342. The van der Waals surface area contributed by atoms with Gasteiger partial charge >= 0.3 is 0 Å². The predicted molar refractivity (Wildman–Crippen MR) is 88.3 cm³/mol. The van der Waals surface area contributed by atoms with Gasteiger partial charge in [0.2, 0.25) is 0 Å². The smallest absolute Gasteiger partial charge is 0.263 e. The lowest BCUT2D eigenvalue weighted by atomic mass is 9.98. The fourth-order valence-corrected chi connectivity index (χ4v) is 4.84. The van der Waals surface area contributed by atoms with E-state index in [1.54, 1.807) is 6.92 Å². The first-order chi connectivity index (χ1) is 11.9. The number of halogens is 1. The van der Waals surface area contributed by atoms with E-state index in [0.717, 1.165) is 25.3 Å². The first-order valence-corrected chi connectivity index (χ1v) is 9.81. The molecule has 25 heavy (non-hydrogen) atoms. The summed E-state index contributed by atoms with van der Waals surface area (Å²) in [4.78, 5) is -0.189. The molecule has 0 spiro atoms. The van der Waals surface area contributed by atoms with Crippen molar-refractivity contribution in [2.45, 2.75) is 43.6 Å². The monoisotopic (exact) mass is 366 g/mol. The van der Waals surface area contributed by atoms with Crippen LogP contribution in [-0.4, -0.2) is 19.7 Å². The van der Waals surface area contributed by atoms with Gasteiger partial charge in [-0.1, -0.05) is 5.16 Å². The van der Waals surface area contributed by atoms with Crippen molar-refractivity contribution in [3.8, 4) is 5.75 Å². The molecule has 2 fully saturated rings. The van der Waals surface area contributed by atoms with E-state index in [1.165, 1.54) is 24.6 Å². The van der Waals surface area contributed by atoms with Crippen molar-refractivity contribution < 1.29 is 22.1 Å². The second-order valence-corrected chi connectivity index (χ2v) is 8.53. The van der Waals surface area contributed by atoms with Crippen molar-refractivity contribution in [1.82, 2.24) is 5.16 Å². The second kappa shape index (κ2) is 6.01. The maximum atomic E-state index is 14.4. The Balaban J connectivity index is 1.51. The van der Waals surface area contributed by atoms with Crippen LogP contribution in [0, 0.1) is 24.6 Å². The number of nitrogens with zero attached hydrogens (tertiary/aromatic N) is 1. The lowest BCUT2D eigenvalue weighted by molar-refractivity contribution is 0.132. The number of hydrogen-bond acceptors (Lipinski definition) is 5. The standard InChI is InChI=1S/C17H19FN2O4S/c1-10-6-17(19-24-10)20-25(21,22)13-4-5-15(14(18)9-13)23-16-8-11-2-3-12(16)7-11/h4-6,9,11-12,16H,2-3,7-8H2,1H3,(H,19,20)/t11-,12?,16+/m0/s1. The fourth-order valence-electron chi connectivity index (χ4n) is 3.85. The molecule has 0 saturated heterocycles. The Morgan fingerprint density at radius 2 is 2.12 bits per heavy atom. The molecule has 1 aromatic carbocycles. The number of anilines is 1. The number of ether oxygens (including phenoxy) is 1. The summed E-state index contributed by atoms with van der Waals surface area (Å²) in [6.45, 7) is 1.65. The van der Waals surface area contributed by atoms with Crippen LogP contribution in [-0.2, 0) is 10.0 Å². The number of sulfonamides is 1. The molecule has 4 rings (SSSR count). The number of nitrogens with one attached hydrogen (secondary N) is 1. The molecule has 1 heterocycles. The second-order valence-electron chi connectivity index (χ2n) is 6.85. The molecule has 2 aliphatic carbocycles. The van der Waals surface area contributed by atoms with Crippen molar-refractivity contribution in [1.29, 1.82) is 0 Å². The quantitative estimate of drug-likeness (QED) is 0.876. The normalized spacial score (nSPS) is 25.3. The molecule has 1 N–H and O–H groups in total. The van der Waals surface area contributed by atoms with Crippen molar-refractivity contribution in [3.05, 3.63) is 35.8 Å². The van der Waals surface area contributed by atoms with Gasteiger partial charge in [-0.15, -0.1) is 0 Å². The summed E-state index contributed by atoms with van der Waals surface area (Å²) in [6.07, 6.45) is 4.51. The highest BCUT2D eigenvalue weighted by atomic mass is 32.2. The molecule has 0 aliphatic heterocycles. The third kappa shape index (κ3) is 3.22. The zero-order valence-electron chi connectivity index (χ0n) is 13.7. The predicted octanol–water partition coefficient (Wildman–Crippen LogP) is 3.49. The van der Waals surface area contributed by atoms with E-state index in [2.05, 4.69) is 9.88 Å². The SMILES string of the molecule is Cc1cc(NS(=O)(=O)c2ccc(O[C@@H]3C[C@H]4CCC3C4)c(F)c2)no1. The molecular formula is C17H19FN2O4S. The van der Waals surface area contributed by atoms with Gasteiger partial charge in [-0.25, -0.2) is 12.8 Å². The molecule has 2 aliphatic rings. The number of hydrogen-bond donors (Lipinski definition) is 1. The molecule has 134 valence electrons. The maximum absolute atomic E-state index is 14.4. The number of aromatic nitrogens is 1. The summed E-state index contributed by atoms with van der Waals surface area (Å²) in [6, 6.07) is 5.13. The van der Waals surface area contributed by atoms with Gasteiger partial charge in [0.1, 0.15) is 11.9 Å². The van der Waals surface area contributed by atoms with Crippen LogP contribution in [0.1, 0.15) is 31.4 Å². The van der Waals surface area contributed by atoms with Gasteiger partial charge < -0.3 is 9.26 Å². The lowest BCUT2D eigenvalue weighted by Gasteiger charge is -2.23. The van der Waals surface area contributed by atoms with E-state index in [9.17, 15) is 12.8 Å². The Bertz CT molecular complexity index is 896. The zero-order valence-corrected chi connectivity index (χ0v) is 14.6. The third-order valence-corrected chi connectivity index (χ3v) is 6.38. The number of rotatable bonds is 5. The van der Waals surface area contributed by atoms with Crippen LogP contribution in [0.5, 0.6) is 5.75 Å². The molecule has 2 aromatic rings. The van der Waals surface area contributed by atoms with Gasteiger partial charge in [0.25, 0.3) is 10.0 Å². The van der Waals surface area contributed by atoms with E-state index in [-0.39, 0.29) is 22.6 Å². The van der Waals surface area contributed by atoms with Crippen LogP contribution in [0.15, 0.2) is 33.7 Å². The number of benzene rings is 1. The topological polar surface area (TPSA) is 81.4 Å². The van der Waals surface area contributed by atoms with Gasteiger partial charge in [0.15, 0.2) is 17.4 Å². The molecule has 2 bridgehead atoms. The average molecular weight is 366 g/mol. The van der Waals surface area contributed by atoms with Crippen molar-refractivity contribution in [2.75, 3.05) is 4.72 Å². The van der Waals surface area contributed by atoms with Gasteiger partial charge in [-0.05, 0) is 62.6 Å². The van der Waals surface area contributed by atoms with E-state index in [4.69, 9.17) is 9.26 Å². The summed E-state index contributed by atoms with van der Waals surface area (Å²) in [7, 11) is -3.94. The molecular weight excluding hydrogens is 347 g/mol. The van der Waals surface area contributed by atoms with Gasteiger partial charge in [-0.2, -0.15) is 0 Å². The maximum Gasteiger partial charge on any atom is 0.263 e. The zero-order chi connectivity index (χ0) is 17.6. The van der Waals surface area contributed by atoms with Crippen LogP contribution in [0.4, 0.5) is 10.2 Å². The van der Waals surface area contributed by atoms with E-state index < -0.39 is 15.8 Å². The highest BCUT2D eigenvalue weighted by Gasteiger charge is 2.41. The van der Waals surface area contributed by atoms with Crippen LogP contribution < -0.4 is 9.46 Å². The molecule has 0 radical (unpaired) electrons. The molecule has 8 heteroatoms. The molecule has 0 amide bonds. The van der Waals surface area contributed by atoms with E-state index >= 15 is 0 Å². The van der Waals surface area contributed by atoms with Crippen LogP contribution in [0.3, 0.4) is 0 Å². The Labute approximate surface area is 145 Å². The minimum atomic E-state index is -3.94. The molecule has 2 saturated carbocycles. The van der Waals surface area contributed by atoms with E-state index in [0.29, 0.717) is 17.6 Å². The summed E-state index contributed by atoms with van der Waals surface area (Å²) < 4.78 is 51.9. The van der Waals surface area contributed by atoms with Crippen molar-refractivity contribution in [3.63, 3.8) is 0 Å². The summed E-state index contributed by atoms with van der Waals surface area (Å²) in [5.41, 5.74) is 0. The summed E-state index contributed by atoms with van der Waals surface area (Å²) in [5.74, 6) is 1.13. The minimum Gasteiger partial charge on any atom is -0.487 e. The van der Waals surface area contributed by atoms with Gasteiger partial charge in [-0.3, -0.25) is 4.72 Å². The average Bonchev–Trinajstić information content (AvgIpc) is 3.26. The van der Waals surface area contributed by atoms with Crippen molar-refractivity contribution >= 4 is 15.8 Å². The molecule has 1 unspecified atom stereocenters. The van der Waals surface area contributed by atoms with Gasteiger partial charge in [0.05, 0.1) is 4.90 Å². The highest BCUT2D eigenvalue weighted by molar-refractivity contribution is 7.92. The molecule has 6 nitrogen and oxygen atoms in total. The molecule has 3 atom stereocenters. The third-order valence-electron chi connectivity index (χ3n) is 5.03. The first kappa shape index (κ1) is 16.4. The summed E-state index contributed by atoms with van der Waals surface area (Å²) >= 11 is 0. The Kier molecular flexibility index (Phi) is 3.94. The first-order valence-electron chi connectivity index (χ1n) is 8.33. The Morgan fingerprint density at radius 3 is 2.72 bits per heavy atom. The van der Waals surface area contributed by atoms with Crippen molar-refractivity contribution in [2.24, 2.45) is 11.8 Å². The summed E-state index contributed by atoms with van der Waals surface area (Å²) in [5, 5.41) is 3.57. The largest absolute Gasteiger partial charge is 0.487 e. The van der Waals surface area contributed by atoms with Crippen LogP contribution in [0.25, 0.3) is 0 Å². The molecule has 1 aromatic heterocycles. The lowest BCUT2D eigenvalue weighted by Crippen LogP contribution is -2.24. The Hall–Kier alpha value is -2.09. The number of aryl methyl sites for hydroxylation is 1. The van der Waals surface area contributed by atoms with E-state index in [1.807, 2.05) is 0 Å². The highest BCUT2D eigenvalue weighted by Crippen LogP contribution is 2.46. The fraction of sp³-hybridized carbons (Fsp3) is 0.471. The Morgan fingerprint density at radius 1 is 1.28 bits per heavy atom. The number of fused-ring (bicyclic) bond motifs is 2. The van der Waals surface area contributed by atoms with Crippen LogP contribution in [0.2, 0.25) is 0 Å². The van der Waals surface area contributed by atoms with Crippen LogP contribution >= 0.6 is 0 Å². The van der Waals surface area contributed by atoms with Gasteiger partial charge in [0, 0.05) is 6.07 Å².